The van der Waals surface area contributed by atoms with E-state index in [1.807, 2.05) is 45.2 Å². The summed E-state index contributed by atoms with van der Waals surface area (Å²) >= 11 is 0. The Labute approximate surface area is 135 Å². The van der Waals surface area contributed by atoms with E-state index >= 15 is 0 Å². The number of aryl methyl sites for hydroxylation is 2. The molecule has 3 heterocycles. The van der Waals surface area contributed by atoms with Crippen LogP contribution in [0, 0.1) is 13.8 Å². The van der Waals surface area contributed by atoms with Gasteiger partial charge in [0.2, 0.25) is 0 Å². The van der Waals surface area contributed by atoms with Crippen molar-refractivity contribution < 1.29 is 4.52 Å². The summed E-state index contributed by atoms with van der Waals surface area (Å²) in [7, 11) is 2.01. The van der Waals surface area contributed by atoms with E-state index in [2.05, 4.69) is 25.0 Å². The van der Waals surface area contributed by atoms with Gasteiger partial charge in [-0.1, -0.05) is 11.2 Å². The average molecular weight is 309 g/mol. The number of rotatable bonds is 5. The van der Waals surface area contributed by atoms with Crippen molar-refractivity contribution in [2.45, 2.75) is 26.9 Å². The lowest BCUT2D eigenvalue weighted by molar-refractivity contribution is 0.298. The highest BCUT2D eigenvalue weighted by atomic mass is 16.5. The summed E-state index contributed by atoms with van der Waals surface area (Å²) in [6, 6.07) is 8.00. The van der Waals surface area contributed by atoms with Gasteiger partial charge < -0.3 is 4.52 Å². The van der Waals surface area contributed by atoms with Crippen LogP contribution in [0.4, 0.5) is 0 Å². The zero-order valence-electron chi connectivity index (χ0n) is 13.5. The van der Waals surface area contributed by atoms with E-state index < -0.39 is 0 Å². The molecule has 0 N–H and O–H groups in total. The second-order valence-electron chi connectivity index (χ2n) is 5.71. The van der Waals surface area contributed by atoms with Crippen LogP contribution in [0.2, 0.25) is 0 Å². The van der Waals surface area contributed by atoms with Gasteiger partial charge >= 0.3 is 0 Å². The van der Waals surface area contributed by atoms with Crippen molar-refractivity contribution in [2.75, 3.05) is 7.05 Å². The molecule has 0 aliphatic rings. The van der Waals surface area contributed by atoms with Gasteiger partial charge in [0, 0.05) is 24.6 Å². The molecule has 0 fully saturated rings. The summed E-state index contributed by atoms with van der Waals surface area (Å²) in [5.41, 5.74) is 3.94. The lowest BCUT2D eigenvalue weighted by atomic mass is 10.2. The largest absolute Gasteiger partial charge is 0.334 e. The molecule has 0 aliphatic carbocycles. The summed E-state index contributed by atoms with van der Waals surface area (Å²) in [5, 5.41) is 4.05. The highest BCUT2D eigenvalue weighted by Crippen LogP contribution is 2.17. The Hall–Kier alpha value is -2.60. The second kappa shape index (κ2) is 6.66. The number of nitrogens with zero attached hydrogens (tertiary/aromatic N) is 5. The van der Waals surface area contributed by atoms with Crippen molar-refractivity contribution >= 4 is 0 Å². The Balaban J connectivity index is 1.66. The zero-order chi connectivity index (χ0) is 16.2. The lowest BCUT2D eigenvalue weighted by Gasteiger charge is -2.13. The molecule has 6 nitrogen and oxygen atoms in total. The first-order valence-electron chi connectivity index (χ1n) is 7.46. The fourth-order valence-electron chi connectivity index (χ4n) is 2.37. The third-order valence-electron chi connectivity index (χ3n) is 3.38. The minimum atomic E-state index is 0.498. The maximum Gasteiger partial charge on any atom is 0.259 e. The molecule has 0 bridgehead atoms. The van der Waals surface area contributed by atoms with E-state index in [1.165, 1.54) is 0 Å². The number of hydrogen-bond acceptors (Lipinski definition) is 6. The minimum Gasteiger partial charge on any atom is -0.334 e. The van der Waals surface area contributed by atoms with Crippen molar-refractivity contribution in [3.05, 3.63) is 59.4 Å². The predicted molar refractivity (Wildman–Crippen MR) is 86.4 cm³/mol. The lowest BCUT2D eigenvalue weighted by Crippen LogP contribution is -2.18. The van der Waals surface area contributed by atoms with Gasteiger partial charge in [-0.15, -0.1) is 0 Å². The van der Waals surface area contributed by atoms with Crippen LogP contribution >= 0.6 is 0 Å². The summed E-state index contributed by atoms with van der Waals surface area (Å²) in [6.45, 7) is 5.30. The Kier molecular flexibility index (Phi) is 4.43. The second-order valence-corrected chi connectivity index (χ2v) is 5.71. The molecule has 0 atom stereocenters. The molecule has 3 aromatic heterocycles. The first-order chi connectivity index (χ1) is 11.1. The standard InChI is InChI=1S/C17H19N5O/c1-12-7-14(9-18-8-12)17-20-16(21-23-17)11-22(3)10-15-6-4-5-13(2)19-15/h4-9H,10-11H2,1-3H3. The maximum atomic E-state index is 5.33. The van der Waals surface area contributed by atoms with E-state index in [4.69, 9.17) is 4.52 Å². The molecule has 3 aromatic rings. The monoisotopic (exact) mass is 309 g/mol. The van der Waals surface area contributed by atoms with Crippen molar-refractivity contribution in [3.63, 3.8) is 0 Å². The molecule has 23 heavy (non-hydrogen) atoms. The van der Waals surface area contributed by atoms with Gasteiger partial charge in [-0.25, -0.2) is 0 Å². The highest BCUT2D eigenvalue weighted by molar-refractivity contribution is 5.51. The molecule has 0 aliphatic heterocycles. The molecule has 0 amide bonds. The first kappa shape index (κ1) is 15.3. The SMILES string of the molecule is Cc1cncc(-c2nc(CN(C)Cc3cccc(C)n3)no2)c1. The predicted octanol–water partition coefficient (Wildman–Crippen LogP) is 2.78. The van der Waals surface area contributed by atoms with Gasteiger partial charge in [-0.05, 0) is 44.7 Å². The number of hydrogen-bond donors (Lipinski definition) is 0. The van der Waals surface area contributed by atoms with Crippen molar-refractivity contribution in [1.82, 2.24) is 25.0 Å². The van der Waals surface area contributed by atoms with Crippen molar-refractivity contribution in [1.29, 1.82) is 0 Å². The number of aromatic nitrogens is 4. The number of pyridine rings is 2. The molecule has 0 radical (unpaired) electrons. The van der Waals surface area contributed by atoms with Crippen LogP contribution in [0.3, 0.4) is 0 Å². The average Bonchev–Trinajstić information content (AvgIpc) is 2.95. The fraction of sp³-hybridized carbons (Fsp3) is 0.294. The maximum absolute atomic E-state index is 5.33. The van der Waals surface area contributed by atoms with E-state index in [-0.39, 0.29) is 0 Å². The van der Waals surface area contributed by atoms with Gasteiger partial charge in [-0.3, -0.25) is 14.9 Å². The molecule has 118 valence electrons. The topological polar surface area (TPSA) is 67.9 Å². The molecule has 0 unspecified atom stereocenters. The van der Waals surface area contributed by atoms with E-state index in [0.717, 1.165) is 29.1 Å². The fourth-order valence-corrected chi connectivity index (χ4v) is 2.37. The van der Waals surface area contributed by atoms with E-state index in [1.54, 1.807) is 12.4 Å². The quantitative estimate of drug-likeness (QED) is 0.722. The Morgan fingerprint density at radius 3 is 2.74 bits per heavy atom. The van der Waals surface area contributed by atoms with Gasteiger partial charge in [0.15, 0.2) is 5.82 Å². The molecular formula is C17H19N5O. The van der Waals surface area contributed by atoms with Crippen molar-refractivity contribution in [2.24, 2.45) is 0 Å². The van der Waals surface area contributed by atoms with Crippen molar-refractivity contribution in [3.8, 4) is 11.5 Å². The molecular weight excluding hydrogens is 290 g/mol. The van der Waals surface area contributed by atoms with Crippen LogP contribution in [-0.4, -0.2) is 32.1 Å². The molecule has 3 rings (SSSR count). The molecule has 0 saturated carbocycles. The third kappa shape index (κ3) is 3.98. The summed E-state index contributed by atoms with van der Waals surface area (Å²) in [6.07, 6.45) is 3.52. The Morgan fingerprint density at radius 1 is 1.09 bits per heavy atom. The van der Waals surface area contributed by atoms with Crippen LogP contribution in [0.15, 0.2) is 41.2 Å². The van der Waals surface area contributed by atoms with Crippen LogP contribution < -0.4 is 0 Å². The van der Waals surface area contributed by atoms with Crippen LogP contribution in [0.25, 0.3) is 11.5 Å². The molecule has 0 aromatic carbocycles. The van der Waals surface area contributed by atoms with E-state index in [9.17, 15) is 0 Å². The first-order valence-corrected chi connectivity index (χ1v) is 7.46. The normalized spacial score (nSPS) is 11.1. The van der Waals surface area contributed by atoms with Crippen LogP contribution in [0.5, 0.6) is 0 Å². The third-order valence-corrected chi connectivity index (χ3v) is 3.38. The minimum absolute atomic E-state index is 0.498. The smallest absolute Gasteiger partial charge is 0.259 e. The van der Waals surface area contributed by atoms with Gasteiger partial charge in [0.25, 0.3) is 5.89 Å². The van der Waals surface area contributed by atoms with Crippen LogP contribution in [0.1, 0.15) is 22.8 Å². The Morgan fingerprint density at radius 2 is 1.96 bits per heavy atom. The van der Waals surface area contributed by atoms with Gasteiger partial charge in [0.05, 0.1) is 17.8 Å². The highest BCUT2D eigenvalue weighted by Gasteiger charge is 2.12. The summed E-state index contributed by atoms with van der Waals surface area (Å²) in [4.78, 5) is 15.2. The molecule has 0 spiro atoms. The molecule has 0 saturated heterocycles. The van der Waals surface area contributed by atoms with Gasteiger partial charge in [-0.2, -0.15) is 4.98 Å². The van der Waals surface area contributed by atoms with Gasteiger partial charge in [0.1, 0.15) is 0 Å². The Bertz CT molecular complexity index is 799. The summed E-state index contributed by atoms with van der Waals surface area (Å²) in [5.74, 6) is 1.15. The van der Waals surface area contributed by atoms with Crippen LogP contribution in [-0.2, 0) is 13.1 Å². The van der Waals surface area contributed by atoms with E-state index in [0.29, 0.717) is 18.3 Å². The molecule has 6 heteroatoms. The summed E-state index contributed by atoms with van der Waals surface area (Å²) < 4.78 is 5.33. The zero-order valence-corrected chi connectivity index (χ0v) is 13.5.